The lowest BCUT2D eigenvalue weighted by Crippen LogP contribution is -1.98. The van der Waals surface area contributed by atoms with Gasteiger partial charge in [0.05, 0.1) is 12.8 Å². The molecule has 0 radical (unpaired) electrons. The fraction of sp³-hybridized carbons (Fsp3) is 0.474. The van der Waals surface area contributed by atoms with E-state index in [2.05, 4.69) is 37.3 Å². The van der Waals surface area contributed by atoms with Crippen LogP contribution in [0.2, 0.25) is 0 Å². The molecule has 1 N–H and O–H groups in total. The largest absolute Gasteiger partial charge is 0.389 e. The predicted molar refractivity (Wildman–Crippen MR) is 91.1 cm³/mol. The monoisotopic (exact) mass is 292 g/mol. The van der Waals surface area contributed by atoms with Gasteiger partial charge in [-0.15, -0.1) is 0 Å². The van der Waals surface area contributed by atoms with Crippen LogP contribution in [-0.4, -0.2) is 17.9 Å². The Morgan fingerprint density at radius 2 is 1.62 bits per heavy atom. The topological polar surface area (TPSA) is 20.2 Å². The van der Waals surface area contributed by atoms with Gasteiger partial charge in [-0.1, -0.05) is 67.7 Å². The second kappa shape index (κ2) is 16.6. The first kappa shape index (κ1) is 19.6. The SMILES string of the molecule is CC/C=C\C[C@@H](O)/C=C/C=C\C/C=C\C/C=C\CCCF. The molecule has 0 aromatic carbocycles. The molecule has 0 saturated heterocycles. The molecular formula is C19H29FO. The van der Waals surface area contributed by atoms with E-state index in [-0.39, 0.29) is 6.67 Å². The summed E-state index contributed by atoms with van der Waals surface area (Å²) in [4.78, 5) is 0. The van der Waals surface area contributed by atoms with E-state index in [1.54, 1.807) is 6.08 Å². The van der Waals surface area contributed by atoms with Crippen molar-refractivity contribution in [2.24, 2.45) is 0 Å². The third-order valence-electron chi connectivity index (χ3n) is 2.74. The quantitative estimate of drug-likeness (QED) is 0.288. The smallest absolute Gasteiger partial charge is 0.0897 e. The average molecular weight is 292 g/mol. The molecule has 21 heavy (non-hydrogen) atoms. The molecule has 0 aromatic rings. The van der Waals surface area contributed by atoms with Gasteiger partial charge in [-0.2, -0.15) is 0 Å². The molecule has 0 saturated carbocycles. The Morgan fingerprint density at radius 1 is 0.905 bits per heavy atom. The van der Waals surface area contributed by atoms with Crippen LogP contribution in [0.1, 0.15) is 45.4 Å². The Balaban J connectivity index is 3.62. The van der Waals surface area contributed by atoms with E-state index in [1.165, 1.54) is 0 Å². The van der Waals surface area contributed by atoms with Crippen molar-refractivity contribution in [2.45, 2.75) is 51.6 Å². The zero-order chi connectivity index (χ0) is 15.6. The lowest BCUT2D eigenvalue weighted by atomic mass is 10.2. The van der Waals surface area contributed by atoms with Crippen LogP contribution >= 0.6 is 0 Å². The second-order valence-corrected chi connectivity index (χ2v) is 4.74. The Hall–Kier alpha value is -1.41. The van der Waals surface area contributed by atoms with Gasteiger partial charge in [0.15, 0.2) is 0 Å². The standard InChI is InChI=1S/C19H29FO/c1-2-3-13-16-19(21)17-14-11-9-7-5-4-6-8-10-12-15-18-20/h3-5,8-11,13-14,17,19,21H,2,6-7,12,15-16,18H2,1H3/b5-4-,10-8-,11-9-,13-3-,17-14+/t19-/m1/s1. The van der Waals surface area contributed by atoms with Gasteiger partial charge in [-0.05, 0) is 38.5 Å². The highest BCUT2D eigenvalue weighted by Gasteiger charge is 1.92. The van der Waals surface area contributed by atoms with E-state index in [1.807, 2.05) is 24.3 Å². The highest BCUT2D eigenvalue weighted by molar-refractivity contribution is 5.08. The van der Waals surface area contributed by atoms with E-state index < -0.39 is 6.10 Å². The molecule has 0 aliphatic heterocycles. The molecule has 0 heterocycles. The van der Waals surface area contributed by atoms with Crippen LogP contribution in [0.15, 0.2) is 60.8 Å². The van der Waals surface area contributed by atoms with Crippen molar-refractivity contribution in [1.82, 2.24) is 0 Å². The van der Waals surface area contributed by atoms with Crippen LogP contribution in [0.5, 0.6) is 0 Å². The minimum Gasteiger partial charge on any atom is -0.389 e. The number of unbranched alkanes of at least 4 members (excludes halogenated alkanes) is 1. The molecule has 0 unspecified atom stereocenters. The van der Waals surface area contributed by atoms with Crippen molar-refractivity contribution in [3.63, 3.8) is 0 Å². The molecule has 2 heteroatoms. The zero-order valence-electron chi connectivity index (χ0n) is 13.1. The third kappa shape index (κ3) is 16.5. The normalized spacial score (nSPS) is 14.6. The summed E-state index contributed by atoms with van der Waals surface area (Å²) >= 11 is 0. The first-order valence-corrected chi connectivity index (χ1v) is 7.83. The number of aliphatic hydroxyl groups excluding tert-OH is 1. The first-order valence-electron chi connectivity index (χ1n) is 7.83. The molecule has 0 aromatic heterocycles. The first-order chi connectivity index (χ1) is 10.3. The van der Waals surface area contributed by atoms with Crippen LogP contribution in [0, 0.1) is 0 Å². The highest BCUT2D eigenvalue weighted by Crippen LogP contribution is 1.98. The van der Waals surface area contributed by atoms with Gasteiger partial charge < -0.3 is 5.11 Å². The predicted octanol–water partition coefficient (Wildman–Crippen LogP) is 5.46. The fourth-order valence-corrected chi connectivity index (χ4v) is 1.59. The minimum absolute atomic E-state index is 0.234. The number of aliphatic hydroxyl groups is 1. The van der Waals surface area contributed by atoms with Gasteiger partial charge in [0, 0.05) is 0 Å². The molecule has 0 spiro atoms. The lowest BCUT2D eigenvalue weighted by Gasteiger charge is -1.98. The molecule has 1 atom stereocenters. The number of rotatable bonds is 12. The summed E-state index contributed by atoms with van der Waals surface area (Å²) in [6.45, 7) is 1.84. The summed E-state index contributed by atoms with van der Waals surface area (Å²) < 4.78 is 11.8. The highest BCUT2D eigenvalue weighted by atomic mass is 19.1. The van der Waals surface area contributed by atoms with Gasteiger partial charge in [-0.25, -0.2) is 0 Å². The molecule has 0 bridgehead atoms. The van der Waals surface area contributed by atoms with E-state index in [4.69, 9.17) is 0 Å². The van der Waals surface area contributed by atoms with E-state index >= 15 is 0 Å². The molecule has 118 valence electrons. The summed E-state index contributed by atoms with van der Waals surface area (Å²) in [5, 5.41) is 9.62. The van der Waals surface area contributed by atoms with Gasteiger partial charge in [-0.3, -0.25) is 4.39 Å². The van der Waals surface area contributed by atoms with Crippen molar-refractivity contribution in [2.75, 3.05) is 6.67 Å². The summed E-state index contributed by atoms with van der Waals surface area (Å²) in [6, 6.07) is 0. The van der Waals surface area contributed by atoms with Gasteiger partial charge >= 0.3 is 0 Å². The number of hydrogen-bond donors (Lipinski definition) is 1. The fourth-order valence-electron chi connectivity index (χ4n) is 1.59. The molecule has 1 nitrogen and oxygen atoms in total. The van der Waals surface area contributed by atoms with E-state index in [0.717, 1.165) is 25.7 Å². The zero-order valence-corrected chi connectivity index (χ0v) is 13.1. The number of hydrogen-bond acceptors (Lipinski definition) is 1. The van der Waals surface area contributed by atoms with Crippen molar-refractivity contribution in [1.29, 1.82) is 0 Å². The maximum absolute atomic E-state index is 11.8. The van der Waals surface area contributed by atoms with Crippen molar-refractivity contribution < 1.29 is 9.50 Å². The molecule has 0 aliphatic rings. The molecule has 0 aliphatic carbocycles. The number of halogens is 1. The van der Waals surface area contributed by atoms with E-state index in [9.17, 15) is 9.50 Å². The summed E-state index contributed by atoms with van der Waals surface area (Å²) in [7, 11) is 0. The van der Waals surface area contributed by atoms with Crippen LogP contribution in [0.4, 0.5) is 4.39 Å². The molecule has 0 fully saturated rings. The van der Waals surface area contributed by atoms with Crippen molar-refractivity contribution in [3.05, 3.63) is 60.8 Å². The Bertz CT molecular complexity index is 351. The Kier molecular flexibility index (Phi) is 15.5. The van der Waals surface area contributed by atoms with Gasteiger partial charge in [0.25, 0.3) is 0 Å². The summed E-state index contributed by atoms with van der Waals surface area (Å²) in [5.74, 6) is 0. The maximum Gasteiger partial charge on any atom is 0.0897 e. The van der Waals surface area contributed by atoms with Crippen molar-refractivity contribution >= 4 is 0 Å². The molecular weight excluding hydrogens is 263 g/mol. The van der Waals surface area contributed by atoms with Crippen LogP contribution in [0.25, 0.3) is 0 Å². The maximum atomic E-state index is 11.8. The summed E-state index contributed by atoms with van der Waals surface area (Å²) in [6.07, 6.45) is 24.6. The average Bonchev–Trinajstić information content (AvgIpc) is 2.48. The number of alkyl halides is 1. The lowest BCUT2D eigenvalue weighted by molar-refractivity contribution is 0.227. The van der Waals surface area contributed by atoms with E-state index in [0.29, 0.717) is 12.8 Å². The van der Waals surface area contributed by atoms with Gasteiger partial charge in [0.2, 0.25) is 0 Å². The van der Waals surface area contributed by atoms with Crippen molar-refractivity contribution in [3.8, 4) is 0 Å². The molecule has 0 amide bonds. The van der Waals surface area contributed by atoms with Gasteiger partial charge in [0.1, 0.15) is 0 Å². The number of allylic oxidation sites excluding steroid dienone is 8. The Morgan fingerprint density at radius 3 is 2.33 bits per heavy atom. The Labute approximate surface area is 129 Å². The minimum atomic E-state index is -0.401. The van der Waals surface area contributed by atoms with Crippen LogP contribution in [0.3, 0.4) is 0 Å². The van der Waals surface area contributed by atoms with Crippen LogP contribution < -0.4 is 0 Å². The third-order valence-corrected chi connectivity index (χ3v) is 2.74. The second-order valence-electron chi connectivity index (χ2n) is 4.74. The van der Waals surface area contributed by atoms with Crippen LogP contribution in [-0.2, 0) is 0 Å². The summed E-state index contributed by atoms with van der Waals surface area (Å²) in [5.41, 5.74) is 0. The molecule has 0 rings (SSSR count).